The molecule has 0 aromatic carbocycles. The summed E-state index contributed by atoms with van der Waals surface area (Å²) in [5.74, 6) is 2.58. The van der Waals surface area contributed by atoms with E-state index in [9.17, 15) is 0 Å². The Morgan fingerprint density at radius 2 is 1.95 bits per heavy atom. The molecule has 1 saturated carbocycles. The van der Waals surface area contributed by atoms with Crippen LogP contribution in [0.4, 0.5) is 0 Å². The van der Waals surface area contributed by atoms with E-state index in [0.29, 0.717) is 6.04 Å². The highest BCUT2D eigenvalue weighted by atomic mass is 32.2. The average molecular weight is 313 g/mol. The summed E-state index contributed by atoms with van der Waals surface area (Å²) >= 11 is 2.09. The molecule has 1 spiro atoms. The van der Waals surface area contributed by atoms with Gasteiger partial charge in [-0.25, -0.2) is 0 Å². The second-order valence-corrected chi connectivity index (χ2v) is 8.43. The maximum absolute atomic E-state index is 6.18. The van der Waals surface area contributed by atoms with Crippen LogP contribution in [-0.4, -0.2) is 60.8 Å². The summed E-state index contributed by atoms with van der Waals surface area (Å²) < 4.78 is 6.18. The van der Waals surface area contributed by atoms with Crippen LogP contribution in [0.5, 0.6) is 0 Å². The van der Waals surface area contributed by atoms with Crippen LogP contribution in [0.3, 0.4) is 0 Å². The Balaban J connectivity index is 1.38. The largest absolute Gasteiger partial charge is 0.375 e. The Hall–Kier alpha value is 0.230. The number of nitrogens with one attached hydrogen (secondary N) is 1. The number of hydrogen-bond donors (Lipinski definition) is 1. The minimum absolute atomic E-state index is 0.221. The van der Waals surface area contributed by atoms with Gasteiger partial charge in [0.2, 0.25) is 0 Å². The third kappa shape index (κ3) is 4.37. The van der Waals surface area contributed by atoms with Crippen LogP contribution < -0.4 is 5.32 Å². The molecule has 3 nitrogen and oxygen atoms in total. The fourth-order valence-corrected chi connectivity index (χ4v) is 5.50. The van der Waals surface area contributed by atoms with E-state index in [2.05, 4.69) is 29.0 Å². The highest BCUT2D eigenvalue weighted by Gasteiger charge is 2.38. The molecule has 122 valence electrons. The fourth-order valence-electron chi connectivity index (χ4n) is 4.27. The minimum atomic E-state index is 0.221. The predicted molar refractivity (Wildman–Crippen MR) is 91.2 cm³/mol. The molecule has 1 atom stereocenters. The molecule has 2 heterocycles. The van der Waals surface area contributed by atoms with Crippen LogP contribution in [-0.2, 0) is 4.74 Å². The molecule has 1 N–H and O–H groups in total. The molecule has 0 amide bonds. The Labute approximate surface area is 134 Å². The van der Waals surface area contributed by atoms with Gasteiger partial charge in [-0.05, 0) is 57.1 Å². The first kappa shape index (κ1) is 16.1. The van der Waals surface area contributed by atoms with Gasteiger partial charge in [-0.15, -0.1) is 0 Å². The van der Waals surface area contributed by atoms with Crippen molar-refractivity contribution >= 4 is 11.8 Å². The SMILES string of the molecule is CN(CCNC1CCOC2(CCSCC2)C1)C1CCCC1. The van der Waals surface area contributed by atoms with Crippen LogP contribution in [0.1, 0.15) is 51.4 Å². The third-order valence-corrected chi connectivity index (χ3v) is 6.73. The average Bonchev–Trinajstić information content (AvgIpc) is 3.02. The maximum Gasteiger partial charge on any atom is 0.0713 e. The first-order chi connectivity index (χ1) is 10.3. The van der Waals surface area contributed by atoms with Crippen molar-refractivity contribution in [1.82, 2.24) is 10.2 Å². The van der Waals surface area contributed by atoms with E-state index < -0.39 is 0 Å². The molecule has 3 rings (SSSR count). The lowest BCUT2D eigenvalue weighted by Crippen LogP contribution is -2.50. The number of ether oxygens (including phenoxy) is 1. The lowest BCUT2D eigenvalue weighted by Gasteiger charge is -2.43. The number of hydrogen-bond acceptors (Lipinski definition) is 4. The van der Waals surface area contributed by atoms with Gasteiger partial charge in [-0.3, -0.25) is 0 Å². The molecular formula is C17H32N2OS. The summed E-state index contributed by atoms with van der Waals surface area (Å²) in [5.41, 5.74) is 0.221. The van der Waals surface area contributed by atoms with E-state index in [-0.39, 0.29) is 5.60 Å². The summed E-state index contributed by atoms with van der Waals surface area (Å²) in [7, 11) is 2.31. The van der Waals surface area contributed by atoms with Gasteiger partial charge in [0.1, 0.15) is 0 Å². The summed E-state index contributed by atoms with van der Waals surface area (Å²) in [6, 6.07) is 1.53. The van der Waals surface area contributed by atoms with E-state index in [0.717, 1.165) is 19.2 Å². The van der Waals surface area contributed by atoms with Crippen molar-refractivity contribution in [1.29, 1.82) is 0 Å². The molecule has 2 saturated heterocycles. The Kier molecular flexibility index (Phi) is 5.88. The van der Waals surface area contributed by atoms with Gasteiger partial charge in [0, 0.05) is 31.8 Å². The molecule has 3 fully saturated rings. The second-order valence-electron chi connectivity index (χ2n) is 7.21. The van der Waals surface area contributed by atoms with E-state index in [4.69, 9.17) is 4.74 Å². The molecular weight excluding hydrogens is 280 g/mol. The first-order valence-corrected chi connectivity index (χ1v) is 10.1. The standard InChI is InChI=1S/C17H32N2OS/c1-19(16-4-2-3-5-16)10-9-18-15-6-11-20-17(14-15)7-12-21-13-8-17/h15-16,18H,2-14H2,1H3. The zero-order chi connectivity index (χ0) is 14.5. The summed E-state index contributed by atoms with van der Waals surface area (Å²) in [4.78, 5) is 2.58. The fraction of sp³-hybridized carbons (Fsp3) is 1.00. The zero-order valence-corrected chi connectivity index (χ0v) is 14.4. The van der Waals surface area contributed by atoms with E-state index in [1.807, 2.05) is 0 Å². The van der Waals surface area contributed by atoms with Gasteiger partial charge in [0.25, 0.3) is 0 Å². The Morgan fingerprint density at radius 3 is 2.71 bits per heavy atom. The quantitative estimate of drug-likeness (QED) is 0.844. The van der Waals surface area contributed by atoms with Crippen molar-refractivity contribution in [3.05, 3.63) is 0 Å². The number of rotatable bonds is 5. The normalized spacial score (nSPS) is 30.3. The molecule has 0 aromatic heterocycles. The molecule has 4 heteroatoms. The molecule has 1 aliphatic carbocycles. The highest BCUT2D eigenvalue weighted by Crippen LogP contribution is 2.37. The molecule has 0 radical (unpaired) electrons. The van der Waals surface area contributed by atoms with Crippen LogP contribution >= 0.6 is 11.8 Å². The highest BCUT2D eigenvalue weighted by molar-refractivity contribution is 7.99. The van der Waals surface area contributed by atoms with Crippen LogP contribution in [0.15, 0.2) is 0 Å². The monoisotopic (exact) mass is 312 g/mol. The van der Waals surface area contributed by atoms with Crippen molar-refractivity contribution in [3.8, 4) is 0 Å². The van der Waals surface area contributed by atoms with Gasteiger partial charge in [0.05, 0.1) is 5.60 Å². The van der Waals surface area contributed by atoms with Gasteiger partial charge in [-0.2, -0.15) is 11.8 Å². The van der Waals surface area contributed by atoms with Gasteiger partial charge in [-0.1, -0.05) is 12.8 Å². The Morgan fingerprint density at radius 1 is 1.19 bits per heavy atom. The predicted octanol–water partition coefficient (Wildman–Crippen LogP) is 2.90. The van der Waals surface area contributed by atoms with Crippen molar-refractivity contribution in [2.45, 2.75) is 69.1 Å². The molecule has 1 unspecified atom stereocenters. The zero-order valence-electron chi connectivity index (χ0n) is 13.6. The van der Waals surface area contributed by atoms with Gasteiger partial charge in [0.15, 0.2) is 0 Å². The topological polar surface area (TPSA) is 24.5 Å². The first-order valence-electron chi connectivity index (χ1n) is 8.93. The number of thioether (sulfide) groups is 1. The molecule has 0 aromatic rings. The van der Waals surface area contributed by atoms with Crippen molar-refractivity contribution < 1.29 is 4.74 Å². The van der Waals surface area contributed by atoms with E-state index in [1.54, 1.807) is 0 Å². The van der Waals surface area contributed by atoms with Crippen molar-refractivity contribution in [2.75, 3.05) is 38.2 Å². The smallest absolute Gasteiger partial charge is 0.0713 e. The molecule has 2 aliphatic heterocycles. The summed E-state index contributed by atoms with van der Waals surface area (Å²) in [6.07, 6.45) is 10.6. The van der Waals surface area contributed by atoms with Crippen LogP contribution in [0, 0.1) is 0 Å². The molecule has 3 aliphatic rings. The van der Waals surface area contributed by atoms with Crippen molar-refractivity contribution in [3.63, 3.8) is 0 Å². The number of nitrogens with zero attached hydrogens (tertiary/aromatic N) is 1. The number of likely N-dealkylation sites (N-methyl/N-ethyl adjacent to an activating group) is 1. The van der Waals surface area contributed by atoms with Gasteiger partial charge < -0.3 is 15.0 Å². The van der Waals surface area contributed by atoms with E-state index in [1.165, 1.54) is 69.4 Å². The molecule has 21 heavy (non-hydrogen) atoms. The summed E-state index contributed by atoms with van der Waals surface area (Å²) in [5, 5.41) is 3.82. The van der Waals surface area contributed by atoms with Gasteiger partial charge >= 0.3 is 0 Å². The second kappa shape index (κ2) is 7.67. The Bertz CT molecular complexity index is 308. The van der Waals surface area contributed by atoms with Crippen molar-refractivity contribution in [2.24, 2.45) is 0 Å². The maximum atomic E-state index is 6.18. The van der Waals surface area contributed by atoms with Crippen LogP contribution in [0.25, 0.3) is 0 Å². The lowest BCUT2D eigenvalue weighted by atomic mass is 9.85. The third-order valence-electron chi connectivity index (χ3n) is 5.74. The molecule has 0 bridgehead atoms. The summed E-state index contributed by atoms with van der Waals surface area (Å²) in [6.45, 7) is 3.30. The van der Waals surface area contributed by atoms with E-state index >= 15 is 0 Å². The van der Waals surface area contributed by atoms with Crippen LogP contribution in [0.2, 0.25) is 0 Å². The minimum Gasteiger partial charge on any atom is -0.375 e. The lowest BCUT2D eigenvalue weighted by molar-refractivity contribution is -0.0932.